The van der Waals surface area contributed by atoms with Crippen molar-refractivity contribution in [1.29, 1.82) is 0 Å². The summed E-state index contributed by atoms with van der Waals surface area (Å²) in [4.78, 5) is 71.9. The van der Waals surface area contributed by atoms with Crippen molar-refractivity contribution in [3.05, 3.63) is 197 Å². The van der Waals surface area contributed by atoms with Crippen molar-refractivity contribution in [2.75, 3.05) is 20.2 Å². The van der Waals surface area contributed by atoms with E-state index in [2.05, 4.69) is 34.2 Å². The number of fused-ring (bicyclic) bond motifs is 4. The minimum absolute atomic E-state index is 0.0397. The van der Waals surface area contributed by atoms with Crippen molar-refractivity contribution in [3.63, 3.8) is 0 Å². The van der Waals surface area contributed by atoms with Gasteiger partial charge in [0.25, 0.3) is 0 Å². The number of para-hydroxylation sites is 1. The zero-order valence-corrected chi connectivity index (χ0v) is 41.8. The normalized spacial score (nSPS) is 13.4. The van der Waals surface area contributed by atoms with Crippen molar-refractivity contribution in [1.82, 2.24) is 20.5 Å². The number of amides is 2. The predicted octanol–water partition coefficient (Wildman–Crippen LogP) is 9.98. The van der Waals surface area contributed by atoms with Gasteiger partial charge in [0.2, 0.25) is 5.91 Å². The summed E-state index contributed by atoms with van der Waals surface area (Å²) in [6, 6.07) is 47.5. The molecule has 74 heavy (non-hydrogen) atoms. The van der Waals surface area contributed by atoms with E-state index in [1.165, 1.54) is 0 Å². The molecule has 4 atom stereocenters. The van der Waals surface area contributed by atoms with Crippen LogP contribution in [0.2, 0.25) is 0 Å². The van der Waals surface area contributed by atoms with E-state index in [1.54, 1.807) is 36.4 Å². The number of ether oxygens (including phenoxy) is 3. The van der Waals surface area contributed by atoms with Crippen molar-refractivity contribution in [2.45, 2.75) is 69.6 Å². The summed E-state index contributed by atoms with van der Waals surface area (Å²) in [6.07, 6.45) is 6.24. The third-order valence-corrected chi connectivity index (χ3v) is 13.8. The lowest BCUT2D eigenvalue weighted by Gasteiger charge is -2.25. The number of aryl methyl sites for hydroxylation is 1. The summed E-state index contributed by atoms with van der Waals surface area (Å²) in [5.74, 6) is -3.71. The van der Waals surface area contributed by atoms with Crippen LogP contribution in [0, 0.1) is 24.3 Å². The summed E-state index contributed by atoms with van der Waals surface area (Å²) >= 11 is 0. The number of esters is 1. The first-order valence-electron chi connectivity index (χ1n) is 25.7. The molecule has 0 saturated heterocycles. The average Bonchev–Trinajstić information content (AvgIpc) is 3.95. The molecule has 1 aromatic heterocycles. The highest BCUT2D eigenvalue weighted by atomic mass is 16.5. The van der Waals surface area contributed by atoms with Crippen molar-refractivity contribution in [2.24, 2.45) is 18.9 Å². The quantitative estimate of drug-likeness (QED) is 0.0289. The van der Waals surface area contributed by atoms with E-state index in [9.17, 15) is 19.2 Å². The van der Waals surface area contributed by atoms with Crippen LogP contribution in [0.1, 0.15) is 78.8 Å². The number of hydrogen-bond donors (Lipinski definition) is 3. The van der Waals surface area contributed by atoms with E-state index in [0.717, 1.165) is 49.8 Å². The Morgan fingerprint density at radius 2 is 1.35 bits per heavy atom. The molecule has 3 N–H and O–H groups in total. The molecule has 0 bridgehead atoms. The second kappa shape index (κ2) is 25.4. The highest BCUT2D eigenvalue weighted by Crippen LogP contribution is 2.44. The molecule has 1 aliphatic rings. The molecule has 2 amide bonds. The Kier molecular flexibility index (Phi) is 17.4. The van der Waals surface area contributed by atoms with Gasteiger partial charge in [-0.2, -0.15) is 0 Å². The molecule has 8 rings (SSSR count). The lowest BCUT2D eigenvalue weighted by molar-refractivity contribution is -0.144. The van der Waals surface area contributed by atoms with Gasteiger partial charge in [-0.3, -0.25) is 19.2 Å². The minimum atomic E-state index is -1.17. The zero-order valence-electron chi connectivity index (χ0n) is 42.8. The molecular weight excluding hydrogens is 929 g/mol. The van der Waals surface area contributed by atoms with Crippen LogP contribution >= 0.6 is 0 Å². The molecule has 1 unspecified atom stereocenters. The lowest BCUT2D eigenvalue weighted by atomic mass is 9.88. The van der Waals surface area contributed by atoms with Gasteiger partial charge in [0, 0.05) is 48.8 Å². The number of rotatable bonds is 25. The van der Waals surface area contributed by atoms with E-state index in [-0.39, 0.29) is 44.6 Å². The third-order valence-electron chi connectivity index (χ3n) is 13.8. The van der Waals surface area contributed by atoms with E-state index >= 15 is 4.79 Å². The molecule has 0 aliphatic heterocycles. The van der Waals surface area contributed by atoms with E-state index in [4.69, 9.17) is 15.6 Å². The van der Waals surface area contributed by atoms with Crippen LogP contribution in [0.4, 0.5) is 4.79 Å². The second-order valence-electron chi connectivity index (χ2n) is 18.8. The number of carbonyl (C=O) groups excluding carboxylic acids is 5. The van der Waals surface area contributed by atoms with Crippen LogP contribution in [0.5, 0.6) is 5.75 Å². The highest BCUT2D eigenvalue weighted by molar-refractivity contribution is 5.96. The van der Waals surface area contributed by atoms with Gasteiger partial charge in [0.15, 0.2) is 11.6 Å². The van der Waals surface area contributed by atoms with Crippen LogP contribution < -0.4 is 20.7 Å². The standard InChI is InChI=1S/C62H62N4O8/c1-4-72-61(70)46(35-42-30-32-48(33-31-42)73-40-43-19-7-5-8-20-43)38-57(67)55(28-17-18-34-63-2)64-60(69)45(36-47-39-66(3)56-29-16-15-23-49(47)56)37-58(68)59(44-21-9-6-10-22-44)65-62(71)74-41-54-52-26-13-11-24-50(52)51-25-12-14-27-53(51)54/h1,5-16,19-27,29-33,39,45-46,54-55,59,63H,17-18,28,34-38,40-41H2,2-3H3,(H,64,69)(H,65,71)/t45-,46?,55-,59-/m0/s1/i1T. The summed E-state index contributed by atoms with van der Waals surface area (Å²) in [7, 11) is 3.75. The largest absolute Gasteiger partial charge is 0.489 e. The smallest absolute Gasteiger partial charge is 0.408 e. The van der Waals surface area contributed by atoms with Crippen LogP contribution in [-0.2, 0) is 55.1 Å². The molecule has 6 aromatic carbocycles. The van der Waals surface area contributed by atoms with Crippen LogP contribution in [0.15, 0.2) is 164 Å². The molecule has 0 radical (unpaired) electrons. The van der Waals surface area contributed by atoms with Crippen molar-refractivity contribution >= 4 is 40.4 Å². The maximum absolute atomic E-state index is 15.0. The summed E-state index contributed by atoms with van der Waals surface area (Å²) in [6.45, 7) is 1.09. The van der Waals surface area contributed by atoms with E-state index < -0.39 is 53.5 Å². The fraction of sp³-hybridized carbons (Fsp3) is 0.274. The predicted molar refractivity (Wildman–Crippen MR) is 286 cm³/mol. The average molecular weight is 993 g/mol. The summed E-state index contributed by atoms with van der Waals surface area (Å²) < 4.78 is 26.3. The van der Waals surface area contributed by atoms with Crippen molar-refractivity contribution in [3.8, 4) is 29.4 Å². The number of nitrogens with one attached hydrogen (secondary N) is 3. The number of benzene rings is 6. The highest BCUT2D eigenvalue weighted by Gasteiger charge is 2.35. The van der Waals surface area contributed by atoms with Gasteiger partial charge in [0.1, 0.15) is 32.5 Å². The molecule has 12 nitrogen and oxygen atoms in total. The number of ketones is 2. The van der Waals surface area contributed by atoms with Gasteiger partial charge in [-0.15, -0.1) is 0 Å². The van der Waals surface area contributed by atoms with Crippen LogP contribution in [-0.4, -0.2) is 60.3 Å². The van der Waals surface area contributed by atoms with Gasteiger partial charge in [-0.1, -0.05) is 146 Å². The fourth-order valence-electron chi connectivity index (χ4n) is 9.98. The Morgan fingerprint density at radius 1 is 0.703 bits per heavy atom. The van der Waals surface area contributed by atoms with Gasteiger partial charge in [0.05, 0.1) is 12.0 Å². The van der Waals surface area contributed by atoms with Gasteiger partial charge in [-0.05, 0) is 108 Å². The Hall–Kier alpha value is -8.27. The van der Waals surface area contributed by atoms with Gasteiger partial charge in [-0.25, -0.2) is 4.79 Å². The van der Waals surface area contributed by atoms with Gasteiger partial charge < -0.3 is 34.7 Å². The summed E-state index contributed by atoms with van der Waals surface area (Å²) in [5, 5.41) is 9.93. The fourth-order valence-corrected chi connectivity index (χ4v) is 9.98. The molecule has 0 saturated carbocycles. The number of nitrogens with zero attached hydrogens (tertiary/aromatic N) is 1. The molecule has 1 aliphatic carbocycles. The maximum atomic E-state index is 15.0. The SMILES string of the molecule is [3H]C#COC(=O)C(CC(=O)[C@H](CCCCNC)NC(=O)[C@H](CC(=O)[C@@H](NC(=O)OCC1c2ccccc2-c2ccccc21)c1ccccc1)Cc1cn(C)c2ccccc12)Cc1ccc(OCc2ccccc2)cc1. The van der Waals surface area contributed by atoms with E-state index in [0.29, 0.717) is 37.3 Å². The molecular formula is C62H62N4O8. The molecule has 1 heterocycles. The number of aromatic nitrogens is 1. The maximum Gasteiger partial charge on any atom is 0.408 e. The van der Waals surface area contributed by atoms with E-state index in [1.807, 2.05) is 140 Å². The van der Waals surface area contributed by atoms with Crippen LogP contribution in [0.25, 0.3) is 22.0 Å². The molecule has 0 fully saturated rings. The number of unbranched alkanes of at least 4 members (excludes halogenated alkanes) is 1. The Bertz CT molecular complexity index is 3100. The second-order valence-corrected chi connectivity index (χ2v) is 18.8. The number of hydrogen-bond acceptors (Lipinski definition) is 9. The molecule has 7 aromatic rings. The molecule has 12 heteroatoms. The van der Waals surface area contributed by atoms with Crippen LogP contribution in [0.3, 0.4) is 0 Å². The number of alkyl carbamates (subject to hydrolysis) is 1. The Balaban J connectivity index is 1.02. The zero-order chi connectivity index (χ0) is 52.5. The first-order valence-corrected chi connectivity index (χ1v) is 25.2. The minimum Gasteiger partial charge on any atom is -0.489 e. The number of carbonyl (C=O) groups is 5. The monoisotopic (exact) mass is 992 g/mol. The first-order chi connectivity index (χ1) is 36.6. The topological polar surface area (TPSA) is 154 Å². The first kappa shape index (κ1) is 50.7. The summed E-state index contributed by atoms with van der Waals surface area (Å²) in [5.41, 5.74) is 8.30. The van der Waals surface area contributed by atoms with Crippen molar-refractivity contribution < 1.29 is 39.6 Å². The lowest BCUT2D eigenvalue weighted by Crippen LogP contribution is -2.46. The Morgan fingerprint density at radius 3 is 2.05 bits per heavy atom. The number of Topliss-reactive ketones (excluding diaryl/α,β-unsaturated/α-hetero) is 2. The van der Waals surface area contributed by atoms with Gasteiger partial charge >= 0.3 is 12.1 Å². The number of terminal acetylenes is 1. The molecule has 378 valence electrons. The Labute approximate surface area is 434 Å². The molecule has 0 spiro atoms. The third kappa shape index (κ3) is 13.2.